The third kappa shape index (κ3) is 5.62. The summed E-state index contributed by atoms with van der Waals surface area (Å²) in [7, 11) is 1.71. The largest absolute Gasteiger partial charge is 0.434 e. The molecule has 0 spiro atoms. The van der Waals surface area contributed by atoms with Gasteiger partial charge in [0.15, 0.2) is 5.69 Å². The van der Waals surface area contributed by atoms with Gasteiger partial charge >= 0.3 is 6.18 Å². The lowest BCUT2D eigenvalue weighted by atomic mass is 9.97. The molecule has 5 rings (SSSR count). The van der Waals surface area contributed by atoms with E-state index in [9.17, 15) is 22.4 Å². The number of aryl methyl sites for hydroxylation is 2. The topological polar surface area (TPSA) is 88.6 Å². The van der Waals surface area contributed by atoms with Gasteiger partial charge in [-0.05, 0) is 72.2 Å². The third-order valence-electron chi connectivity index (χ3n) is 6.90. The monoisotopic (exact) mass is 538 g/mol. The van der Waals surface area contributed by atoms with E-state index >= 15 is 0 Å². The lowest BCUT2D eigenvalue weighted by Gasteiger charge is -2.20. The molecule has 1 amide bonds. The lowest BCUT2D eigenvalue weighted by molar-refractivity contribution is -0.140. The molecule has 1 aliphatic carbocycles. The number of nitrogens with one attached hydrogen (secondary N) is 2. The maximum Gasteiger partial charge on any atom is 0.434 e. The molecule has 0 saturated heterocycles. The van der Waals surface area contributed by atoms with Gasteiger partial charge in [-0.25, -0.2) is 14.4 Å². The fourth-order valence-electron chi connectivity index (χ4n) is 4.67. The average molecular weight is 539 g/mol. The molecule has 2 N–H and O–H groups in total. The van der Waals surface area contributed by atoms with E-state index in [2.05, 4.69) is 15.3 Å². The van der Waals surface area contributed by atoms with Crippen LogP contribution in [0.3, 0.4) is 0 Å². The zero-order valence-corrected chi connectivity index (χ0v) is 21.3. The Morgan fingerprint density at radius 1 is 1.18 bits per heavy atom. The molecule has 2 heterocycles. The molecule has 0 bridgehead atoms. The second kappa shape index (κ2) is 10.1. The van der Waals surface area contributed by atoms with Crippen molar-refractivity contribution in [3.8, 4) is 11.1 Å². The van der Waals surface area contributed by atoms with E-state index in [1.54, 1.807) is 59.8 Å². The van der Waals surface area contributed by atoms with Crippen LogP contribution in [0.1, 0.15) is 51.6 Å². The number of amides is 1. The number of halogens is 4. The SMILES string of the molecule is Cc1cc(C(NC(=O)c2cc(Cn3ccn(C)c3=N)cc(-c3cncnc3C(F)(F)F)c2)C2CC2)ccc1F. The molecule has 0 radical (unpaired) electrons. The van der Waals surface area contributed by atoms with Gasteiger partial charge in [0.05, 0.1) is 12.6 Å². The van der Waals surface area contributed by atoms with Crippen molar-refractivity contribution in [2.24, 2.45) is 13.0 Å². The van der Waals surface area contributed by atoms with Gasteiger partial charge in [0.25, 0.3) is 5.91 Å². The van der Waals surface area contributed by atoms with Crippen LogP contribution in [0.5, 0.6) is 0 Å². The van der Waals surface area contributed by atoms with E-state index in [1.807, 2.05) is 0 Å². The summed E-state index contributed by atoms with van der Waals surface area (Å²) in [5.41, 5.74) is 0.888. The molecule has 4 aromatic rings. The Balaban J connectivity index is 1.56. The van der Waals surface area contributed by atoms with Crippen molar-refractivity contribution >= 4 is 5.91 Å². The Labute approximate surface area is 221 Å². The van der Waals surface area contributed by atoms with E-state index in [1.165, 1.54) is 12.1 Å². The average Bonchev–Trinajstić information content (AvgIpc) is 3.70. The van der Waals surface area contributed by atoms with Gasteiger partial charge in [-0.1, -0.05) is 12.1 Å². The summed E-state index contributed by atoms with van der Waals surface area (Å²) < 4.78 is 58.4. The predicted octanol–water partition coefficient (Wildman–Crippen LogP) is 5.16. The summed E-state index contributed by atoms with van der Waals surface area (Å²) in [6.07, 6.45) is 2.37. The summed E-state index contributed by atoms with van der Waals surface area (Å²) in [6, 6.07) is 8.91. The molecule has 1 aliphatic rings. The highest BCUT2D eigenvalue weighted by molar-refractivity contribution is 5.96. The predicted molar refractivity (Wildman–Crippen MR) is 135 cm³/mol. The van der Waals surface area contributed by atoms with Crippen molar-refractivity contribution < 1.29 is 22.4 Å². The van der Waals surface area contributed by atoms with Crippen LogP contribution in [0.15, 0.2) is 61.3 Å². The van der Waals surface area contributed by atoms with Gasteiger partial charge in [0, 0.05) is 36.8 Å². The highest BCUT2D eigenvalue weighted by atomic mass is 19.4. The van der Waals surface area contributed by atoms with Gasteiger partial charge in [-0.3, -0.25) is 10.2 Å². The molecule has 11 heteroatoms. The number of rotatable bonds is 7. The fraction of sp³-hybridized carbons (Fsp3) is 0.286. The van der Waals surface area contributed by atoms with Gasteiger partial charge in [-0.15, -0.1) is 0 Å². The number of hydrogen-bond donors (Lipinski definition) is 2. The number of benzene rings is 2. The third-order valence-corrected chi connectivity index (χ3v) is 6.90. The first kappa shape index (κ1) is 26.3. The molecule has 2 aromatic heterocycles. The van der Waals surface area contributed by atoms with Crippen LogP contribution in [0.25, 0.3) is 11.1 Å². The van der Waals surface area contributed by atoms with Crippen LogP contribution in [-0.2, 0) is 19.8 Å². The van der Waals surface area contributed by atoms with E-state index < -0.39 is 17.8 Å². The summed E-state index contributed by atoms with van der Waals surface area (Å²) in [4.78, 5) is 20.8. The molecule has 0 aliphatic heterocycles. The summed E-state index contributed by atoms with van der Waals surface area (Å²) in [5.74, 6) is -0.618. The van der Waals surface area contributed by atoms with Crippen molar-refractivity contribution in [1.29, 1.82) is 5.41 Å². The second-order valence-corrected chi connectivity index (χ2v) is 9.86. The van der Waals surface area contributed by atoms with Crippen molar-refractivity contribution in [2.75, 3.05) is 0 Å². The van der Waals surface area contributed by atoms with E-state index in [4.69, 9.17) is 5.41 Å². The van der Waals surface area contributed by atoms with Crippen molar-refractivity contribution in [2.45, 2.75) is 38.5 Å². The van der Waals surface area contributed by atoms with Crippen molar-refractivity contribution in [3.63, 3.8) is 0 Å². The minimum absolute atomic E-state index is 0.134. The molecule has 1 saturated carbocycles. The molecule has 2 aromatic carbocycles. The highest BCUT2D eigenvalue weighted by Gasteiger charge is 2.36. The molecule has 7 nitrogen and oxygen atoms in total. The smallest absolute Gasteiger partial charge is 0.345 e. The Bertz CT molecular complexity index is 1600. The van der Waals surface area contributed by atoms with E-state index in [0.717, 1.165) is 30.9 Å². The van der Waals surface area contributed by atoms with Crippen LogP contribution < -0.4 is 10.9 Å². The number of carbonyl (C=O) groups excluding carboxylic acids is 1. The Morgan fingerprint density at radius 2 is 1.95 bits per heavy atom. The summed E-state index contributed by atoms with van der Waals surface area (Å²) in [6.45, 7) is 1.81. The molecule has 39 heavy (non-hydrogen) atoms. The van der Waals surface area contributed by atoms with Crippen LogP contribution in [0.4, 0.5) is 17.6 Å². The minimum atomic E-state index is -4.73. The van der Waals surface area contributed by atoms with Crippen LogP contribution >= 0.6 is 0 Å². The van der Waals surface area contributed by atoms with Crippen LogP contribution in [-0.4, -0.2) is 25.0 Å². The fourth-order valence-corrected chi connectivity index (χ4v) is 4.67. The quantitative estimate of drug-likeness (QED) is 0.319. The first-order valence-electron chi connectivity index (χ1n) is 12.4. The zero-order valence-electron chi connectivity index (χ0n) is 21.3. The van der Waals surface area contributed by atoms with Gasteiger partial charge < -0.3 is 14.5 Å². The van der Waals surface area contributed by atoms with Crippen molar-refractivity contribution in [3.05, 3.63) is 101 Å². The standard InChI is InChI=1S/C28H26F4N6O/c1-16-9-19(5-6-23(16)29)24(18-3-4-18)36-26(39)21-11-17(14-38-8-7-37(2)27(38)33)10-20(12-21)22-13-34-15-35-25(22)28(30,31)32/h5-13,15,18,24,33H,3-4,14H2,1-2H3,(H,36,39). The molecule has 202 valence electrons. The number of imidazole rings is 1. The maximum absolute atomic E-state index is 13.9. The molecular formula is C28H26F4N6O. The van der Waals surface area contributed by atoms with Gasteiger partial charge in [0.1, 0.15) is 12.1 Å². The van der Waals surface area contributed by atoms with E-state index in [-0.39, 0.29) is 46.6 Å². The lowest BCUT2D eigenvalue weighted by Crippen LogP contribution is -2.30. The Kier molecular flexibility index (Phi) is 6.83. The normalized spacial score (nSPS) is 14.3. The van der Waals surface area contributed by atoms with Gasteiger partial charge in [-0.2, -0.15) is 13.2 Å². The number of carbonyl (C=O) groups is 1. The zero-order chi connectivity index (χ0) is 27.9. The molecule has 1 fully saturated rings. The minimum Gasteiger partial charge on any atom is -0.345 e. The number of hydrogen-bond acceptors (Lipinski definition) is 4. The molecular weight excluding hydrogens is 512 g/mol. The maximum atomic E-state index is 13.9. The van der Waals surface area contributed by atoms with Crippen molar-refractivity contribution in [1.82, 2.24) is 24.4 Å². The molecule has 1 unspecified atom stereocenters. The van der Waals surface area contributed by atoms with Gasteiger partial charge in [0.2, 0.25) is 5.62 Å². The second-order valence-electron chi connectivity index (χ2n) is 9.86. The van der Waals surface area contributed by atoms with Crippen LogP contribution in [0, 0.1) is 24.1 Å². The summed E-state index contributed by atoms with van der Waals surface area (Å²) >= 11 is 0. The number of aromatic nitrogens is 4. The Morgan fingerprint density at radius 3 is 2.59 bits per heavy atom. The van der Waals surface area contributed by atoms with E-state index in [0.29, 0.717) is 11.1 Å². The summed E-state index contributed by atoms with van der Waals surface area (Å²) in [5, 5.41) is 11.2. The number of alkyl halides is 3. The Hall–Kier alpha value is -4.28. The molecule has 1 atom stereocenters. The first-order valence-corrected chi connectivity index (χ1v) is 12.4. The number of nitrogens with zero attached hydrogens (tertiary/aromatic N) is 4. The highest BCUT2D eigenvalue weighted by Crippen LogP contribution is 2.42. The first-order chi connectivity index (χ1) is 18.5. The van der Waals surface area contributed by atoms with Crippen LogP contribution in [0.2, 0.25) is 0 Å².